The Morgan fingerprint density at radius 3 is 2.46 bits per heavy atom. The Morgan fingerprint density at radius 2 is 1.85 bits per heavy atom. The van der Waals surface area contributed by atoms with Crippen molar-refractivity contribution in [3.63, 3.8) is 0 Å². The van der Waals surface area contributed by atoms with Gasteiger partial charge in [0.05, 0.1) is 0 Å². The molecule has 2 heterocycles. The predicted molar refractivity (Wildman–Crippen MR) is 102 cm³/mol. The van der Waals surface area contributed by atoms with Crippen LogP contribution in [0.4, 0.5) is 0 Å². The Balaban J connectivity index is 1.52. The normalized spacial score (nSPS) is 23.5. The SMILES string of the molecule is Cc1cc(/C=C/C(=O)OCC(=O)N2C[C@H](C)C[C@H](C)C2)c(C)n1C1CC1. The molecule has 1 aromatic heterocycles. The van der Waals surface area contributed by atoms with Gasteiger partial charge in [0.1, 0.15) is 0 Å². The zero-order valence-electron chi connectivity index (χ0n) is 16.3. The van der Waals surface area contributed by atoms with Crippen molar-refractivity contribution in [2.45, 2.75) is 53.0 Å². The number of aromatic nitrogens is 1. The van der Waals surface area contributed by atoms with Crippen LogP contribution < -0.4 is 0 Å². The number of rotatable bonds is 5. The van der Waals surface area contributed by atoms with Gasteiger partial charge in [-0.2, -0.15) is 0 Å². The highest BCUT2D eigenvalue weighted by atomic mass is 16.5. The average molecular weight is 358 g/mol. The third kappa shape index (κ3) is 4.37. The van der Waals surface area contributed by atoms with E-state index in [4.69, 9.17) is 4.74 Å². The molecule has 0 N–H and O–H groups in total. The molecule has 0 radical (unpaired) electrons. The molecule has 0 spiro atoms. The number of hydrogen-bond donors (Lipinski definition) is 0. The number of esters is 1. The molecule has 0 bridgehead atoms. The van der Waals surface area contributed by atoms with Crippen LogP contribution in [0.5, 0.6) is 0 Å². The average Bonchev–Trinajstić information content (AvgIpc) is 3.36. The fourth-order valence-corrected chi connectivity index (χ4v) is 4.16. The second-order valence-corrected chi connectivity index (χ2v) is 8.11. The summed E-state index contributed by atoms with van der Waals surface area (Å²) in [6.07, 6.45) is 6.83. The number of ether oxygens (including phenoxy) is 1. The van der Waals surface area contributed by atoms with Crippen LogP contribution >= 0.6 is 0 Å². The molecular weight excluding hydrogens is 328 g/mol. The van der Waals surface area contributed by atoms with Gasteiger partial charge in [-0.3, -0.25) is 4.79 Å². The maximum Gasteiger partial charge on any atom is 0.331 e. The van der Waals surface area contributed by atoms with Gasteiger partial charge in [0.15, 0.2) is 6.61 Å². The summed E-state index contributed by atoms with van der Waals surface area (Å²) in [5.41, 5.74) is 3.44. The second kappa shape index (κ2) is 7.68. The Hall–Kier alpha value is -2.04. The summed E-state index contributed by atoms with van der Waals surface area (Å²) in [4.78, 5) is 26.1. The van der Waals surface area contributed by atoms with E-state index < -0.39 is 5.97 Å². The van der Waals surface area contributed by atoms with Crippen LogP contribution in [0.15, 0.2) is 12.1 Å². The van der Waals surface area contributed by atoms with Gasteiger partial charge in [-0.1, -0.05) is 13.8 Å². The molecule has 0 aromatic carbocycles. The lowest BCUT2D eigenvalue weighted by molar-refractivity contribution is -0.149. The standard InChI is InChI=1S/C21H30N2O3/c1-14-9-15(2)12-22(11-14)20(24)13-26-21(25)8-5-18-10-16(3)23(17(18)4)19-6-7-19/h5,8,10,14-15,19H,6-7,9,11-13H2,1-4H3/b8-5+/t14-,15+. The van der Waals surface area contributed by atoms with Gasteiger partial charge >= 0.3 is 5.97 Å². The first-order chi connectivity index (χ1) is 12.3. The third-order valence-electron chi connectivity index (χ3n) is 5.39. The summed E-state index contributed by atoms with van der Waals surface area (Å²) < 4.78 is 7.50. The van der Waals surface area contributed by atoms with E-state index >= 15 is 0 Å². The van der Waals surface area contributed by atoms with Crippen molar-refractivity contribution in [1.82, 2.24) is 9.47 Å². The van der Waals surface area contributed by atoms with Crippen molar-refractivity contribution in [3.8, 4) is 0 Å². The molecule has 1 saturated heterocycles. The van der Waals surface area contributed by atoms with E-state index in [1.54, 1.807) is 6.08 Å². The van der Waals surface area contributed by atoms with Gasteiger partial charge in [0.25, 0.3) is 5.91 Å². The molecule has 1 amide bonds. The van der Waals surface area contributed by atoms with E-state index in [0.29, 0.717) is 17.9 Å². The summed E-state index contributed by atoms with van der Waals surface area (Å²) in [5, 5.41) is 0. The van der Waals surface area contributed by atoms with Crippen LogP contribution in [0.3, 0.4) is 0 Å². The lowest BCUT2D eigenvalue weighted by Crippen LogP contribution is -2.44. The van der Waals surface area contributed by atoms with Crippen molar-refractivity contribution in [2.75, 3.05) is 19.7 Å². The molecule has 2 atom stereocenters. The van der Waals surface area contributed by atoms with E-state index in [0.717, 1.165) is 25.1 Å². The molecule has 26 heavy (non-hydrogen) atoms. The summed E-state index contributed by atoms with van der Waals surface area (Å²) in [6.45, 7) is 9.82. The Kier molecular flexibility index (Phi) is 5.54. The molecule has 3 rings (SSSR count). The number of aryl methyl sites for hydroxylation is 1. The van der Waals surface area contributed by atoms with Crippen LogP contribution in [0.25, 0.3) is 6.08 Å². The molecule has 5 nitrogen and oxygen atoms in total. The smallest absolute Gasteiger partial charge is 0.331 e. The molecule has 1 aromatic rings. The van der Waals surface area contributed by atoms with Crippen molar-refractivity contribution >= 4 is 18.0 Å². The van der Waals surface area contributed by atoms with Gasteiger partial charge in [-0.05, 0) is 62.7 Å². The Labute approximate surface area is 156 Å². The number of carbonyl (C=O) groups excluding carboxylic acids is 2. The summed E-state index contributed by atoms with van der Waals surface area (Å²) in [6, 6.07) is 2.72. The number of amides is 1. The highest BCUT2D eigenvalue weighted by Gasteiger charge is 2.27. The molecule has 0 unspecified atom stereocenters. The van der Waals surface area contributed by atoms with E-state index in [1.165, 1.54) is 30.3 Å². The minimum atomic E-state index is -0.465. The predicted octanol–water partition coefficient (Wildman–Crippen LogP) is 3.50. The van der Waals surface area contributed by atoms with Gasteiger partial charge < -0.3 is 14.2 Å². The first kappa shape index (κ1) is 18.7. The summed E-state index contributed by atoms with van der Waals surface area (Å²) in [7, 11) is 0. The molecule has 1 saturated carbocycles. The lowest BCUT2D eigenvalue weighted by atomic mass is 9.92. The molecule has 142 valence electrons. The number of carbonyl (C=O) groups is 2. The third-order valence-corrected chi connectivity index (χ3v) is 5.39. The zero-order chi connectivity index (χ0) is 18.8. The van der Waals surface area contributed by atoms with Crippen LogP contribution in [0.2, 0.25) is 0 Å². The van der Waals surface area contributed by atoms with Crippen LogP contribution in [0.1, 0.15) is 56.1 Å². The van der Waals surface area contributed by atoms with Crippen molar-refractivity contribution in [3.05, 3.63) is 29.1 Å². The minimum Gasteiger partial charge on any atom is -0.452 e. The maximum atomic E-state index is 12.3. The zero-order valence-corrected chi connectivity index (χ0v) is 16.3. The largest absolute Gasteiger partial charge is 0.452 e. The molecule has 2 aliphatic rings. The fraction of sp³-hybridized carbons (Fsp3) is 0.619. The van der Waals surface area contributed by atoms with E-state index in [9.17, 15) is 9.59 Å². The minimum absolute atomic E-state index is 0.0999. The van der Waals surface area contributed by atoms with E-state index in [1.807, 2.05) is 4.90 Å². The quantitative estimate of drug-likeness (QED) is 0.598. The van der Waals surface area contributed by atoms with Gasteiger partial charge in [0.2, 0.25) is 0 Å². The van der Waals surface area contributed by atoms with Crippen LogP contribution in [0, 0.1) is 25.7 Å². The monoisotopic (exact) mass is 358 g/mol. The summed E-state index contributed by atoms with van der Waals surface area (Å²) >= 11 is 0. The van der Waals surface area contributed by atoms with Gasteiger partial charge in [-0.25, -0.2) is 4.79 Å². The highest BCUT2D eigenvalue weighted by molar-refractivity contribution is 5.89. The highest BCUT2D eigenvalue weighted by Crippen LogP contribution is 2.38. The van der Waals surface area contributed by atoms with Crippen LogP contribution in [-0.4, -0.2) is 41.0 Å². The molecule has 1 aliphatic carbocycles. The van der Waals surface area contributed by atoms with E-state index in [-0.39, 0.29) is 12.5 Å². The second-order valence-electron chi connectivity index (χ2n) is 8.11. The van der Waals surface area contributed by atoms with Gasteiger partial charge in [0, 0.05) is 36.6 Å². The number of hydrogen-bond acceptors (Lipinski definition) is 3. The van der Waals surface area contributed by atoms with Crippen molar-refractivity contribution in [1.29, 1.82) is 0 Å². The van der Waals surface area contributed by atoms with E-state index in [2.05, 4.69) is 38.3 Å². The molecule has 1 aliphatic heterocycles. The molecule has 5 heteroatoms. The lowest BCUT2D eigenvalue weighted by Gasteiger charge is -2.34. The first-order valence-corrected chi connectivity index (χ1v) is 9.66. The Morgan fingerprint density at radius 1 is 1.19 bits per heavy atom. The van der Waals surface area contributed by atoms with Crippen molar-refractivity contribution in [2.24, 2.45) is 11.8 Å². The fourth-order valence-electron chi connectivity index (χ4n) is 4.16. The maximum absolute atomic E-state index is 12.3. The molecule has 2 fully saturated rings. The number of nitrogens with zero attached hydrogens (tertiary/aromatic N) is 2. The number of likely N-dealkylation sites (tertiary alicyclic amines) is 1. The van der Waals surface area contributed by atoms with Gasteiger partial charge in [-0.15, -0.1) is 0 Å². The Bertz CT molecular complexity index is 705. The van der Waals surface area contributed by atoms with Crippen LogP contribution in [-0.2, 0) is 14.3 Å². The van der Waals surface area contributed by atoms with Crippen molar-refractivity contribution < 1.29 is 14.3 Å². The topological polar surface area (TPSA) is 51.5 Å². The summed E-state index contributed by atoms with van der Waals surface area (Å²) in [5.74, 6) is 0.435. The number of piperidine rings is 1. The molecular formula is C21H30N2O3. The first-order valence-electron chi connectivity index (χ1n) is 9.66.